The quantitative estimate of drug-likeness (QED) is 0.343. The van der Waals surface area contributed by atoms with E-state index in [1.165, 1.54) is 6.33 Å². The Hall–Kier alpha value is -4.10. The minimum Gasteiger partial charge on any atom is -0.493 e. The fourth-order valence-corrected chi connectivity index (χ4v) is 3.74. The number of anilines is 1. The Morgan fingerprint density at radius 1 is 0.879 bits per heavy atom. The monoisotopic (exact) mass is 458 g/mol. The third-order valence-corrected chi connectivity index (χ3v) is 5.43. The lowest BCUT2D eigenvalue weighted by Gasteiger charge is -2.10. The Balaban J connectivity index is 1.67. The van der Waals surface area contributed by atoms with Crippen molar-refractivity contribution in [3.63, 3.8) is 0 Å². The summed E-state index contributed by atoms with van der Waals surface area (Å²) in [6.07, 6.45) is 1.50. The van der Waals surface area contributed by atoms with Crippen LogP contribution in [0.15, 0.2) is 82.6 Å². The van der Waals surface area contributed by atoms with Gasteiger partial charge in [-0.3, -0.25) is 5.43 Å². The number of hydrogen-bond donors (Lipinski definition) is 1. The van der Waals surface area contributed by atoms with Crippen LogP contribution in [0.1, 0.15) is 0 Å². The van der Waals surface area contributed by atoms with Crippen molar-refractivity contribution < 1.29 is 13.9 Å². The highest BCUT2D eigenvalue weighted by Crippen LogP contribution is 2.33. The van der Waals surface area contributed by atoms with Crippen molar-refractivity contribution >= 4 is 39.3 Å². The normalized spacial score (nSPS) is 11.7. The Morgan fingerprint density at radius 3 is 2.58 bits per heavy atom. The first-order chi connectivity index (χ1) is 16.2. The second-order valence-corrected chi connectivity index (χ2v) is 7.61. The number of benzene rings is 3. The SMILES string of the molecule is COc1ccc(-c2c/c(=N\Nc3ncnc4ccccc34)c3cc(Cl)ccc3o2)cc1OC. The summed E-state index contributed by atoms with van der Waals surface area (Å²) >= 11 is 6.26. The lowest BCUT2D eigenvalue weighted by Crippen LogP contribution is -2.08. The maximum Gasteiger partial charge on any atom is 0.161 e. The van der Waals surface area contributed by atoms with Crippen LogP contribution >= 0.6 is 11.6 Å². The van der Waals surface area contributed by atoms with E-state index in [1.807, 2.05) is 60.7 Å². The van der Waals surface area contributed by atoms with Crippen molar-refractivity contribution in [2.75, 3.05) is 19.6 Å². The third kappa shape index (κ3) is 4.06. The Morgan fingerprint density at radius 2 is 1.73 bits per heavy atom. The molecule has 0 atom stereocenters. The molecule has 1 N–H and O–H groups in total. The summed E-state index contributed by atoms with van der Waals surface area (Å²) in [5, 5.41) is 7.50. The standard InChI is InChI=1S/C25H19ClN4O3/c1-31-22-9-7-15(11-24(22)32-2)23-13-20(18-12-16(26)8-10-21(18)33-23)29-30-25-17-5-3-4-6-19(17)27-14-28-25/h3-14H,1-2H3,(H,27,28,30)/b29-20+. The minimum absolute atomic E-state index is 0.584. The zero-order valence-corrected chi connectivity index (χ0v) is 18.6. The van der Waals surface area contributed by atoms with Gasteiger partial charge in [-0.2, -0.15) is 5.10 Å². The van der Waals surface area contributed by atoms with Crippen molar-refractivity contribution in [1.82, 2.24) is 9.97 Å². The van der Waals surface area contributed by atoms with Crippen LogP contribution in [-0.4, -0.2) is 24.2 Å². The van der Waals surface area contributed by atoms with Gasteiger partial charge in [0.1, 0.15) is 17.7 Å². The van der Waals surface area contributed by atoms with Gasteiger partial charge in [0.15, 0.2) is 17.3 Å². The maximum atomic E-state index is 6.26. The predicted octanol–water partition coefficient (Wildman–Crippen LogP) is 5.64. The number of halogens is 1. The summed E-state index contributed by atoms with van der Waals surface area (Å²) in [7, 11) is 3.19. The molecule has 2 heterocycles. The maximum absolute atomic E-state index is 6.26. The highest BCUT2D eigenvalue weighted by atomic mass is 35.5. The van der Waals surface area contributed by atoms with Gasteiger partial charge in [0, 0.05) is 27.4 Å². The molecule has 0 radical (unpaired) electrons. The van der Waals surface area contributed by atoms with Crippen LogP contribution in [0.3, 0.4) is 0 Å². The van der Waals surface area contributed by atoms with E-state index in [2.05, 4.69) is 20.5 Å². The molecule has 5 rings (SSSR count). The fraction of sp³-hybridized carbons (Fsp3) is 0.0800. The van der Waals surface area contributed by atoms with Gasteiger partial charge in [0.25, 0.3) is 0 Å². The molecule has 0 unspecified atom stereocenters. The van der Waals surface area contributed by atoms with E-state index in [0.29, 0.717) is 39.0 Å². The molecule has 164 valence electrons. The molecule has 0 saturated carbocycles. The van der Waals surface area contributed by atoms with E-state index >= 15 is 0 Å². The van der Waals surface area contributed by atoms with Gasteiger partial charge in [-0.25, -0.2) is 9.97 Å². The molecule has 0 saturated heterocycles. The number of aromatic nitrogens is 2. The largest absolute Gasteiger partial charge is 0.493 e. The number of nitrogens with zero attached hydrogens (tertiary/aromatic N) is 3. The van der Waals surface area contributed by atoms with Crippen LogP contribution in [0.5, 0.6) is 11.5 Å². The molecule has 3 aromatic carbocycles. The van der Waals surface area contributed by atoms with Crippen LogP contribution < -0.4 is 20.3 Å². The Labute approximate surface area is 194 Å². The lowest BCUT2D eigenvalue weighted by atomic mass is 10.1. The van der Waals surface area contributed by atoms with Gasteiger partial charge in [0.2, 0.25) is 0 Å². The fourth-order valence-electron chi connectivity index (χ4n) is 3.57. The summed E-state index contributed by atoms with van der Waals surface area (Å²) in [5.41, 5.74) is 5.36. The molecule has 8 heteroatoms. The van der Waals surface area contributed by atoms with E-state index in [9.17, 15) is 0 Å². The molecule has 0 bridgehead atoms. The lowest BCUT2D eigenvalue weighted by molar-refractivity contribution is 0.355. The number of fused-ring (bicyclic) bond motifs is 2. The number of rotatable bonds is 5. The van der Waals surface area contributed by atoms with Crippen molar-refractivity contribution in [3.8, 4) is 22.8 Å². The second kappa shape index (κ2) is 8.80. The van der Waals surface area contributed by atoms with E-state index in [1.54, 1.807) is 20.3 Å². The summed E-state index contributed by atoms with van der Waals surface area (Å²) in [6, 6.07) is 20.6. The molecule has 7 nitrogen and oxygen atoms in total. The average molecular weight is 459 g/mol. The number of methoxy groups -OCH3 is 2. The molecule has 5 aromatic rings. The zero-order valence-electron chi connectivity index (χ0n) is 17.9. The highest BCUT2D eigenvalue weighted by Gasteiger charge is 2.11. The molecular weight excluding hydrogens is 440 g/mol. The van der Waals surface area contributed by atoms with Crippen molar-refractivity contribution in [2.24, 2.45) is 5.10 Å². The Kier molecular flexibility index (Phi) is 5.54. The molecule has 0 aliphatic heterocycles. The number of ether oxygens (including phenoxy) is 2. The molecule has 0 amide bonds. The molecule has 0 aliphatic carbocycles. The summed E-state index contributed by atoms with van der Waals surface area (Å²) in [6.45, 7) is 0. The van der Waals surface area contributed by atoms with E-state index in [-0.39, 0.29) is 0 Å². The first-order valence-electron chi connectivity index (χ1n) is 10.1. The summed E-state index contributed by atoms with van der Waals surface area (Å²) in [4.78, 5) is 8.64. The molecule has 33 heavy (non-hydrogen) atoms. The van der Waals surface area contributed by atoms with Crippen LogP contribution in [0, 0.1) is 0 Å². The first kappa shape index (κ1) is 20.8. The van der Waals surface area contributed by atoms with Gasteiger partial charge >= 0.3 is 0 Å². The van der Waals surface area contributed by atoms with Gasteiger partial charge in [-0.15, -0.1) is 0 Å². The minimum atomic E-state index is 0.584. The van der Waals surface area contributed by atoms with E-state index in [4.69, 9.17) is 25.5 Å². The number of hydrogen-bond acceptors (Lipinski definition) is 7. The van der Waals surface area contributed by atoms with E-state index in [0.717, 1.165) is 21.9 Å². The number of para-hydroxylation sites is 1. The smallest absolute Gasteiger partial charge is 0.161 e. The zero-order chi connectivity index (χ0) is 22.8. The topological polar surface area (TPSA) is 81.8 Å². The van der Waals surface area contributed by atoms with Gasteiger partial charge in [-0.05, 0) is 48.5 Å². The van der Waals surface area contributed by atoms with Gasteiger partial charge in [0.05, 0.1) is 25.1 Å². The second-order valence-electron chi connectivity index (χ2n) is 7.17. The first-order valence-corrected chi connectivity index (χ1v) is 10.5. The van der Waals surface area contributed by atoms with Crippen LogP contribution in [-0.2, 0) is 0 Å². The van der Waals surface area contributed by atoms with Crippen LogP contribution in [0.2, 0.25) is 5.02 Å². The molecule has 0 aliphatic rings. The highest BCUT2D eigenvalue weighted by molar-refractivity contribution is 6.31. The summed E-state index contributed by atoms with van der Waals surface area (Å²) in [5.74, 6) is 2.45. The molecule has 0 fully saturated rings. The number of nitrogens with one attached hydrogen (secondary N) is 1. The Bertz CT molecular complexity index is 1540. The van der Waals surface area contributed by atoms with Crippen molar-refractivity contribution in [2.45, 2.75) is 0 Å². The average Bonchev–Trinajstić information content (AvgIpc) is 2.86. The molecule has 0 spiro atoms. The van der Waals surface area contributed by atoms with Gasteiger partial charge < -0.3 is 13.9 Å². The van der Waals surface area contributed by atoms with E-state index < -0.39 is 0 Å². The van der Waals surface area contributed by atoms with Crippen LogP contribution in [0.4, 0.5) is 5.82 Å². The third-order valence-electron chi connectivity index (χ3n) is 5.20. The van der Waals surface area contributed by atoms with Crippen molar-refractivity contribution in [3.05, 3.63) is 83.4 Å². The molecule has 2 aromatic heterocycles. The van der Waals surface area contributed by atoms with Crippen molar-refractivity contribution in [1.29, 1.82) is 0 Å². The predicted molar refractivity (Wildman–Crippen MR) is 128 cm³/mol. The summed E-state index contributed by atoms with van der Waals surface area (Å²) < 4.78 is 17.0. The van der Waals surface area contributed by atoms with Gasteiger partial charge in [-0.1, -0.05) is 23.7 Å². The van der Waals surface area contributed by atoms with Crippen LogP contribution in [0.25, 0.3) is 33.2 Å². The molecular formula is C25H19ClN4O3.